The van der Waals surface area contributed by atoms with E-state index in [0.717, 1.165) is 0 Å². The van der Waals surface area contributed by atoms with Crippen LogP contribution in [0.25, 0.3) is 0 Å². The lowest BCUT2D eigenvalue weighted by Crippen LogP contribution is -2.19. The summed E-state index contributed by atoms with van der Waals surface area (Å²) in [6.07, 6.45) is -0.144. The predicted octanol–water partition coefficient (Wildman–Crippen LogP) is 2.75. The number of hydrogen-bond donors (Lipinski definition) is 1. The Labute approximate surface area is 125 Å². The molecule has 0 aliphatic carbocycles. The maximum atomic E-state index is 11.6. The van der Waals surface area contributed by atoms with Gasteiger partial charge < -0.3 is 8.38 Å². The highest BCUT2D eigenvalue weighted by molar-refractivity contribution is 14.1. The van der Waals surface area contributed by atoms with E-state index < -0.39 is 5.97 Å². The summed E-state index contributed by atoms with van der Waals surface area (Å²) in [4.78, 5) is 34.2. The number of Topliss-reactive ketones (excluding diaryl/α,β-unsaturated/α-hetero) is 1. The molecule has 0 radical (unpaired) electrons. The third kappa shape index (κ3) is 4.98. The summed E-state index contributed by atoms with van der Waals surface area (Å²) in [6, 6.07) is 6.25. The van der Waals surface area contributed by atoms with E-state index in [4.69, 9.17) is 0 Å². The first-order chi connectivity index (χ1) is 8.93. The number of nitrogens with one attached hydrogen (secondary N) is 1. The number of amides is 1. The molecule has 0 atom stereocenters. The molecule has 0 fully saturated rings. The fourth-order valence-electron chi connectivity index (χ4n) is 1.30. The lowest BCUT2D eigenvalue weighted by Gasteiger charge is -2.06. The number of benzene rings is 1. The molecule has 0 saturated carbocycles. The second-order valence-corrected chi connectivity index (χ2v) is 4.73. The van der Waals surface area contributed by atoms with Crippen LogP contribution in [0, 0.1) is 5.92 Å². The lowest BCUT2D eigenvalue weighted by molar-refractivity contribution is -0.127. The van der Waals surface area contributed by atoms with E-state index in [1.165, 1.54) is 23.0 Å². The Hall–Kier alpha value is -1.44. The largest absolute Gasteiger partial charge is 0.391 e. The van der Waals surface area contributed by atoms with Crippen molar-refractivity contribution in [3.05, 3.63) is 29.8 Å². The van der Waals surface area contributed by atoms with Crippen LogP contribution in [-0.4, -0.2) is 17.7 Å². The van der Waals surface area contributed by atoms with Gasteiger partial charge in [0, 0.05) is 11.6 Å². The van der Waals surface area contributed by atoms with Crippen molar-refractivity contribution >= 4 is 46.4 Å². The first-order valence-electron chi connectivity index (χ1n) is 5.69. The van der Waals surface area contributed by atoms with Gasteiger partial charge in [-0.25, -0.2) is 4.79 Å². The Morgan fingerprint density at radius 1 is 1.21 bits per heavy atom. The van der Waals surface area contributed by atoms with Gasteiger partial charge in [-0.05, 0) is 24.3 Å². The topological polar surface area (TPSA) is 72.5 Å². The summed E-state index contributed by atoms with van der Waals surface area (Å²) in [5.41, 5.74) is 0.928. The second-order valence-electron chi connectivity index (χ2n) is 4.29. The number of anilines is 1. The number of ketones is 1. The van der Waals surface area contributed by atoms with Crippen molar-refractivity contribution in [3.63, 3.8) is 0 Å². The summed E-state index contributed by atoms with van der Waals surface area (Å²) >= 11 is 1.51. The fraction of sp³-hybridized carbons (Fsp3) is 0.308. The smallest absolute Gasteiger partial charge is 0.347 e. The van der Waals surface area contributed by atoms with Gasteiger partial charge in [-0.3, -0.25) is 9.59 Å². The van der Waals surface area contributed by atoms with Crippen molar-refractivity contribution in [3.8, 4) is 0 Å². The van der Waals surface area contributed by atoms with Crippen LogP contribution in [0.4, 0.5) is 5.69 Å². The zero-order valence-corrected chi connectivity index (χ0v) is 12.8. The molecule has 0 aliphatic heterocycles. The molecule has 0 bridgehead atoms. The monoisotopic (exact) mass is 375 g/mol. The Bertz CT molecular complexity index is 482. The van der Waals surface area contributed by atoms with Gasteiger partial charge in [-0.2, -0.15) is 0 Å². The Morgan fingerprint density at radius 3 is 2.26 bits per heavy atom. The second kappa shape index (κ2) is 7.22. The van der Waals surface area contributed by atoms with E-state index in [1.807, 2.05) is 0 Å². The number of hydrogen-bond acceptors (Lipinski definition) is 4. The third-order valence-electron chi connectivity index (χ3n) is 2.45. The van der Waals surface area contributed by atoms with Crippen LogP contribution < -0.4 is 5.32 Å². The highest BCUT2D eigenvalue weighted by atomic mass is 127. The number of rotatable bonds is 5. The molecule has 1 rings (SSSR count). The zero-order valence-electron chi connectivity index (χ0n) is 10.6. The SMILES string of the molecule is CC(C)C(=O)CC(=O)Nc1ccc(C(=O)OI)cc1. The number of carbonyl (C=O) groups is 3. The number of halogens is 1. The highest BCUT2D eigenvalue weighted by Gasteiger charge is 2.13. The molecule has 5 nitrogen and oxygen atoms in total. The van der Waals surface area contributed by atoms with Crippen LogP contribution in [0.3, 0.4) is 0 Å². The Morgan fingerprint density at radius 2 is 1.79 bits per heavy atom. The van der Waals surface area contributed by atoms with Crippen molar-refractivity contribution in [1.82, 2.24) is 0 Å². The van der Waals surface area contributed by atoms with Crippen molar-refractivity contribution in [1.29, 1.82) is 0 Å². The average molecular weight is 375 g/mol. The molecule has 0 saturated heterocycles. The van der Waals surface area contributed by atoms with Gasteiger partial charge in [-0.15, -0.1) is 0 Å². The van der Waals surface area contributed by atoms with Gasteiger partial charge in [0.25, 0.3) is 0 Å². The van der Waals surface area contributed by atoms with Crippen LogP contribution in [0.1, 0.15) is 30.6 Å². The molecular weight excluding hydrogens is 361 g/mol. The molecular formula is C13H14INO4. The molecule has 0 spiro atoms. The molecule has 6 heteroatoms. The third-order valence-corrected chi connectivity index (χ3v) is 2.85. The van der Waals surface area contributed by atoms with Gasteiger partial charge in [0.05, 0.1) is 12.0 Å². The highest BCUT2D eigenvalue weighted by Crippen LogP contribution is 2.12. The predicted molar refractivity (Wildman–Crippen MR) is 79.0 cm³/mol. The number of carbonyl (C=O) groups excluding carboxylic acids is 3. The maximum Gasteiger partial charge on any atom is 0.347 e. The first-order valence-corrected chi connectivity index (χ1v) is 6.57. The van der Waals surface area contributed by atoms with E-state index >= 15 is 0 Å². The van der Waals surface area contributed by atoms with Gasteiger partial charge in [-0.1, -0.05) is 13.8 Å². The normalized spacial score (nSPS) is 10.1. The summed E-state index contributed by atoms with van der Waals surface area (Å²) in [6.45, 7) is 3.50. The fourth-order valence-corrected chi connectivity index (χ4v) is 1.56. The van der Waals surface area contributed by atoms with Crippen LogP contribution in [0.5, 0.6) is 0 Å². The molecule has 1 N–H and O–H groups in total. The van der Waals surface area contributed by atoms with Crippen LogP contribution in [0.2, 0.25) is 0 Å². The quantitative estimate of drug-likeness (QED) is 0.635. The molecule has 19 heavy (non-hydrogen) atoms. The van der Waals surface area contributed by atoms with Gasteiger partial charge >= 0.3 is 5.97 Å². The molecule has 102 valence electrons. The maximum absolute atomic E-state index is 11.6. The minimum atomic E-state index is -0.450. The molecule has 0 heterocycles. The summed E-state index contributed by atoms with van der Waals surface area (Å²) in [5, 5.41) is 2.60. The summed E-state index contributed by atoms with van der Waals surface area (Å²) in [7, 11) is 0. The minimum Gasteiger partial charge on any atom is -0.391 e. The summed E-state index contributed by atoms with van der Waals surface area (Å²) in [5.74, 6) is -1.08. The van der Waals surface area contributed by atoms with Crippen molar-refractivity contribution < 1.29 is 17.4 Å². The first kappa shape index (κ1) is 15.6. The van der Waals surface area contributed by atoms with E-state index in [1.54, 1.807) is 38.1 Å². The summed E-state index contributed by atoms with van der Waals surface area (Å²) < 4.78 is 4.54. The van der Waals surface area contributed by atoms with Crippen molar-refractivity contribution in [2.75, 3.05) is 5.32 Å². The van der Waals surface area contributed by atoms with E-state index in [9.17, 15) is 14.4 Å². The molecule has 0 aromatic heterocycles. The van der Waals surface area contributed by atoms with Gasteiger partial charge in [0.15, 0.2) is 23.0 Å². The standard InChI is InChI=1S/C13H14INO4/c1-8(2)11(16)7-12(17)15-10-5-3-9(4-6-10)13(18)19-14/h3-6,8H,7H2,1-2H3,(H,15,17). The molecule has 1 aromatic rings. The average Bonchev–Trinajstić information content (AvgIpc) is 2.38. The molecule has 1 amide bonds. The van der Waals surface area contributed by atoms with Crippen LogP contribution in [0.15, 0.2) is 24.3 Å². The van der Waals surface area contributed by atoms with Crippen molar-refractivity contribution in [2.45, 2.75) is 20.3 Å². The Kier molecular flexibility index (Phi) is 5.94. The molecule has 1 aromatic carbocycles. The van der Waals surface area contributed by atoms with E-state index in [2.05, 4.69) is 8.38 Å². The Balaban J connectivity index is 2.61. The van der Waals surface area contributed by atoms with Gasteiger partial charge in [0.2, 0.25) is 5.91 Å². The lowest BCUT2D eigenvalue weighted by atomic mass is 10.1. The van der Waals surface area contributed by atoms with Crippen LogP contribution >= 0.6 is 23.0 Å². The van der Waals surface area contributed by atoms with Crippen molar-refractivity contribution in [2.24, 2.45) is 5.92 Å². The molecule has 0 aliphatic rings. The van der Waals surface area contributed by atoms with Crippen LogP contribution in [-0.2, 0) is 12.7 Å². The minimum absolute atomic E-state index is 0.109. The molecule has 0 unspecified atom stereocenters. The zero-order chi connectivity index (χ0) is 14.4. The van der Waals surface area contributed by atoms with Gasteiger partial charge in [0.1, 0.15) is 5.78 Å². The van der Waals surface area contributed by atoms with E-state index in [-0.39, 0.29) is 24.0 Å². The van der Waals surface area contributed by atoms with E-state index in [0.29, 0.717) is 11.3 Å².